The number of hydrogen-bond donors (Lipinski definition) is 1. The van der Waals surface area contributed by atoms with Gasteiger partial charge in [0.1, 0.15) is 5.75 Å². The number of hydrogen-bond acceptors (Lipinski definition) is 8. The number of amides is 1. The van der Waals surface area contributed by atoms with Crippen molar-refractivity contribution in [3.8, 4) is 0 Å². The summed E-state index contributed by atoms with van der Waals surface area (Å²) in [6.45, 7) is 0. The number of nitrogens with one attached hydrogen (secondary N) is 1. The second kappa shape index (κ2) is 9.18. The number of aromatic nitrogens is 2. The fourth-order valence-corrected chi connectivity index (χ4v) is 5.10. The Bertz CT molecular complexity index is 1210. The zero-order chi connectivity index (χ0) is 21.6. The second-order valence-electron chi connectivity index (χ2n) is 6.36. The predicted octanol–water partition coefficient (Wildman–Crippen LogP) is 2.24. The van der Waals surface area contributed by atoms with E-state index >= 15 is 0 Å². The third-order valence-electron chi connectivity index (χ3n) is 4.05. The zero-order valence-corrected chi connectivity index (χ0v) is 17.4. The van der Waals surface area contributed by atoms with E-state index in [4.69, 9.17) is 4.42 Å². The Morgan fingerprint density at radius 3 is 2.00 bits per heavy atom. The second-order valence-corrected chi connectivity index (χ2v) is 10.5. The van der Waals surface area contributed by atoms with Crippen LogP contribution in [0.5, 0.6) is 0 Å². The summed E-state index contributed by atoms with van der Waals surface area (Å²) in [7, 11) is -7.13. The standard InChI is InChI=1S/C19H19N3O6S2/c23-17(12-7-13-29(24,25)15-8-3-1-4-9-15)20-19-22-21-18(28-19)14-30(26,27)16-10-5-2-6-11-16/h1-6,8-11H,7,12-14H2,(H,20,22,23). The lowest BCUT2D eigenvalue weighted by molar-refractivity contribution is -0.116. The molecule has 0 radical (unpaired) electrons. The van der Waals surface area contributed by atoms with Crippen molar-refractivity contribution in [1.29, 1.82) is 0 Å². The van der Waals surface area contributed by atoms with Gasteiger partial charge in [-0.25, -0.2) is 16.8 Å². The van der Waals surface area contributed by atoms with Crippen LogP contribution in [0.1, 0.15) is 18.7 Å². The van der Waals surface area contributed by atoms with Crippen LogP contribution in [0, 0.1) is 0 Å². The zero-order valence-electron chi connectivity index (χ0n) is 15.8. The molecule has 0 saturated heterocycles. The van der Waals surface area contributed by atoms with E-state index in [0.717, 1.165) is 0 Å². The van der Waals surface area contributed by atoms with Crippen LogP contribution < -0.4 is 5.32 Å². The molecule has 0 spiro atoms. The summed E-state index contributed by atoms with van der Waals surface area (Å²) in [4.78, 5) is 12.3. The molecule has 0 saturated carbocycles. The molecular formula is C19H19N3O6S2. The normalized spacial score (nSPS) is 11.9. The molecule has 0 aliphatic rings. The summed E-state index contributed by atoms with van der Waals surface area (Å²) in [5.74, 6) is -1.37. The van der Waals surface area contributed by atoms with Crippen molar-refractivity contribution in [2.24, 2.45) is 0 Å². The molecule has 0 fully saturated rings. The van der Waals surface area contributed by atoms with Gasteiger partial charge in [-0.15, -0.1) is 5.10 Å². The van der Waals surface area contributed by atoms with Crippen LogP contribution in [0.3, 0.4) is 0 Å². The first-order valence-corrected chi connectivity index (χ1v) is 12.2. The van der Waals surface area contributed by atoms with Crippen LogP contribution in [0.15, 0.2) is 74.9 Å². The average Bonchev–Trinajstić information content (AvgIpc) is 3.15. The van der Waals surface area contributed by atoms with Crippen molar-refractivity contribution >= 4 is 31.6 Å². The van der Waals surface area contributed by atoms with E-state index in [2.05, 4.69) is 15.5 Å². The van der Waals surface area contributed by atoms with Gasteiger partial charge in [0.2, 0.25) is 11.8 Å². The van der Waals surface area contributed by atoms with Gasteiger partial charge in [-0.3, -0.25) is 10.1 Å². The lowest BCUT2D eigenvalue weighted by Crippen LogP contribution is -2.14. The van der Waals surface area contributed by atoms with Gasteiger partial charge in [0.15, 0.2) is 19.7 Å². The molecule has 11 heteroatoms. The molecule has 1 heterocycles. The van der Waals surface area contributed by atoms with Crippen molar-refractivity contribution in [3.63, 3.8) is 0 Å². The molecule has 0 atom stereocenters. The smallest absolute Gasteiger partial charge is 0.322 e. The quantitative estimate of drug-likeness (QED) is 0.525. The number of sulfone groups is 2. The first kappa shape index (κ1) is 21.7. The van der Waals surface area contributed by atoms with Crippen molar-refractivity contribution in [3.05, 3.63) is 66.6 Å². The number of rotatable bonds is 9. The number of carbonyl (C=O) groups is 1. The SMILES string of the molecule is O=C(CCCS(=O)(=O)c1ccccc1)Nc1nnc(CS(=O)(=O)c2ccccc2)o1. The molecule has 0 aliphatic heterocycles. The van der Waals surface area contributed by atoms with Crippen LogP contribution >= 0.6 is 0 Å². The van der Waals surface area contributed by atoms with E-state index in [-0.39, 0.29) is 40.3 Å². The first-order valence-electron chi connectivity index (χ1n) is 8.94. The maximum absolute atomic E-state index is 12.3. The molecular weight excluding hydrogens is 430 g/mol. The Morgan fingerprint density at radius 2 is 1.40 bits per heavy atom. The van der Waals surface area contributed by atoms with Gasteiger partial charge in [0.05, 0.1) is 15.5 Å². The van der Waals surface area contributed by atoms with Crippen LogP contribution in [0.4, 0.5) is 6.01 Å². The highest BCUT2D eigenvalue weighted by molar-refractivity contribution is 7.91. The van der Waals surface area contributed by atoms with Crippen LogP contribution in [-0.4, -0.2) is 38.7 Å². The van der Waals surface area contributed by atoms with Gasteiger partial charge in [0, 0.05) is 6.42 Å². The molecule has 0 aliphatic carbocycles. The van der Waals surface area contributed by atoms with E-state index in [1.807, 2.05) is 0 Å². The summed E-state index contributed by atoms with van der Waals surface area (Å²) in [5.41, 5.74) is 0. The van der Waals surface area contributed by atoms with Gasteiger partial charge in [-0.1, -0.05) is 41.5 Å². The molecule has 1 aromatic heterocycles. The molecule has 3 aromatic rings. The number of carbonyl (C=O) groups excluding carboxylic acids is 1. The third-order valence-corrected chi connectivity index (χ3v) is 7.48. The summed E-state index contributed by atoms with van der Waals surface area (Å²) < 4.78 is 54.2. The number of benzene rings is 2. The maximum atomic E-state index is 12.3. The Kier molecular flexibility index (Phi) is 6.63. The van der Waals surface area contributed by atoms with Crippen LogP contribution in [-0.2, 0) is 30.2 Å². The Hall–Kier alpha value is -3.05. The summed E-state index contributed by atoms with van der Waals surface area (Å²) >= 11 is 0. The molecule has 0 bridgehead atoms. The molecule has 158 valence electrons. The topological polar surface area (TPSA) is 136 Å². The van der Waals surface area contributed by atoms with Crippen molar-refractivity contribution < 1.29 is 26.0 Å². The highest BCUT2D eigenvalue weighted by Crippen LogP contribution is 2.17. The lowest BCUT2D eigenvalue weighted by atomic mass is 10.3. The monoisotopic (exact) mass is 449 g/mol. The van der Waals surface area contributed by atoms with Crippen molar-refractivity contribution in [2.75, 3.05) is 11.1 Å². The van der Waals surface area contributed by atoms with Gasteiger partial charge in [-0.05, 0) is 30.7 Å². The average molecular weight is 450 g/mol. The number of anilines is 1. The van der Waals surface area contributed by atoms with Crippen molar-refractivity contribution in [2.45, 2.75) is 28.4 Å². The predicted molar refractivity (Wildman–Crippen MR) is 108 cm³/mol. The van der Waals surface area contributed by atoms with Gasteiger partial charge < -0.3 is 4.42 Å². The van der Waals surface area contributed by atoms with E-state index in [0.29, 0.717) is 0 Å². The molecule has 1 N–H and O–H groups in total. The molecule has 3 rings (SSSR count). The molecule has 0 unspecified atom stereocenters. The van der Waals surface area contributed by atoms with Gasteiger partial charge in [-0.2, -0.15) is 0 Å². The fraction of sp³-hybridized carbons (Fsp3) is 0.211. The maximum Gasteiger partial charge on any atom is 0.322 e. The molecule has 1 amide bonds. The summed E-state index contributed by atoms with van der Waals surface area (Å²) in [6.07, 6.45) is 0.0263. The van der Waals surface area contributed by atoms with Crippen LogP contribution in [0.25, 0.3) is 0 Å². The molecule has 2 aromatic carbocycles. The molecule has 9 nitrogen and oxygen atoms in total. The van der Waals surface area contributed by atoms with Crippen molar-refractivity contribution in [1.82, 2.24) is 10.2 Å². The number of nitrogens with zero attached hydrogens (tertiary/aromatic N) is 2. The summed E-state index contributed by atoms with van der Waals surface area (Å²) in [6, 6.07) is 15.5. The third kappa shape index (κ3) is 5.74. The summed E-state index contributed by atoms with van der Waals surface area (Å²) in [5, 5.41) is 9.58. The Labute approximate surface area is 174 Å². The Morgan fingerprint density at radius 1 is 0.833 bits per heavy atom. The minimum Gasteiger partial charge on any atom is -0.407 e. The largest absolute Gasteiger partial charge is 0.407 e. The van der Waals surface area contributed by atoms with Crippen LogP contribution in [0.2, 0.25) is 0 Å². The lowest BCUT2D eigenvalue weighted by Gasteiger charge is -2.04. The Balaban J connectivity index is 1.52. The molecule has 30 heavy (non-hydrogen) atoms. The highest BCUT2D eigenvalue weighted by Gasteiger charge is 2.20. The van der Waals surface area contributed by atoms with E-state index in [1.165, 1.54) is 24.3 Å². The van der Waals surface area contributed by atoms with E-state index < -0.39 is 31.3 Å². The van der Waals surface area contributed by atoms with E-state index in [9.17, 15) is 21.6 Å². The van der Waals surface area contributed by atoms with E-state index in [1.54, 1.807) is 36.4 Å². The minimum atomic E-state index is -3.66. The minimum absolute atomic E-state index is 0.0773. The highest BCUT2D eigenvalue weighted by atomic mass is 32.2. The van der Waals surface area contributed by atoms with Gasteiger partial charge in [0.25, 0.3) is 0 Å². The first-order chi connectivity index (χ1) is 14.3. The van der Waals surface area contributed by atoms with Gasteiger partial charge >= 0.3 is 6.01 Å². The fourth-order valence-electron chi connectivity index (χ4n) is 2.59.